The summed E-state index contributed by atoms with van der Waals surface area (Å²) >= 11 is 0. The van der Waals surface area contributed by atoms with Crippen LogP contribution in [0, 0.1) is 10.1 Å². The third kappa shape index (κ3) is 1.27. The highest BCUT2D eigenvalue weighted by atomic mass is 16.6. The van der Waals surface area contributed by atoms with Crippen molar-refractivity contribution in [3.05, 3.63) is 51.6 Å². The van der Waals surface area contributed by atoms with E-state index in [1.807, 2.05) is 12.1 Å². The molecule has 0 aliphatic carbocycles. The standard InChI is InChI=1S/C12H10N2O2/c15-14(16)11-4-8-2-1-3-9-6-13-7-10(5-11)12(8)9/h1-5,13H,6-7H2. The SMILES string of the molecule is O=[N+]([O-])c1cc2c3c(cccc3c1)CNC2. The minimum absolute atomic E-state index is 0.170. The van der Waals surface area contributed by atoms with Gasteiger partial charge in [0.1, 0.15) is 0 Å². The van der Waals surface area contributed by atoms with Crippen molar-refractivity contribution in [2.45, 2.75) is 13.1 Å². The molecule has 2 aromatic rings. The van der Waals surface area contributed by atoms with Crippen molar-refractivity contribution < 1.29 is 4.92 Å². The van der Waals surface area contributed by atoms with Crippen LogP contribution < -0.4 is 5.32 Å². The molecule has 1 heterocycles. The summed E-state index contributed by atoms with van der Waals surface area (Å²) in [4.78, 5) is 10.5. The topological polar surface area (TPSA) is 55.2 Å². The van der Waals surface area contributed by atoms with Crippen LogP contribution in [-0.4, -0.2) is 4.92 Å². The van der Waals surface area contributed by atoms with Gasteiger partial charge in [0.15, 0.2) is 0 Å². The van der Waals surface area contributed by atoms with Crippen molar-refractivity contribution in [1.82, 2.24) is 5.32 Å². The molecule has 3 rings (SSSR count). The minimum atomic E-state index is -0.336. The van der Waals surface area contributed by atoms with Crippen molar-refractivity contribution in [2.75, 3.05) is 0 Å². The van der Waals surface area contributed by atoms with E-state index in [9.17, 15) is 10.1 Å². The van der Waals surface area contributed by atoms with Crippen molar-refractivity contribution >= 4 is 16.5 Å². The van der Waals surface area contributed by atoms with E-state index in [2.05, 4.69) is 11.4 Å². The van der Waals surface area contributed by atoms with Gasteiger partial charge in [0, 0.05) is 25.2 Å². The fourth-order valence-electron chi connectivity index (χ4n) is 2.31. The van der Waals surface area contributed by atoms with Gasteiger partial charge < -0.3 is 5.32 Å². The molecule has 16 heavy (non-hydrogen) atoms. The van der Waals surface area contributed by atoms with Gasteiger partial charge in [-0.2, -0.15) is 0 Å². The number of hydrogen-bond acceptors (Lipinski definition) is 3. The summed E-state index contributed by atoms with van der Waals surface area (Å²) in [6.07, 6.45) is 0. The maximum absolute atomic E-state index is 10.8. The molecule has 0 amide bonds. The van der Waals surface area contributed by atoms with E-state index in [1.165, 1.54) is 10.9 Å². The zero-order chi connectivity index (χ0) is 11.1. The van der Waals surface area contributed by atoms with Crippen LogP contribution in [0.4, 0.5) is 5.69 Å². The smallest absolute Gasteiger partial charge is 0.270 e. The summed E-state index contributed by atoms with van der Waals surface area (Å²) in [7, 11) is 0. The first-order chi connectivity index (χ1) is 7.75. The normalized spacial score (nSPS) is 14.0. The number of nitro groups is 1. The third-order valence-electron chi connectivity index (χ3n) is 2.97. The van der Waals surface area contributed by atoms with Crippen LogP contribution in [0.3, 0.4) is 0 Å². The first-order valence-corrected chi connectivity index (χ1v) is 5.15. The average molecular weight is 214 g/mol. The number of hydrogen-bond donors (Lipinski definition) is 1. The molecular weight excluding hydrogens is 204 g/mol. The summed E-state index contributed by atoms with van der Waals surface area (Å²) in [5.74, 6) is 0. The van der Waals surface area contributed by atoms with Crippen LogP contribution in [0.25, 0.3) is 10.8 Å². The molecule has 0 bridgehead atoms. The Kier molecular flexibility index (Phi) is 1.91. The zero-order valence-corrected chi connectivity index (χ0v) is 8.56. The summed E-state index contributed by atoms with van der Waals surface area (Å²) < 4.78 is 0. The monoisotopic (exact) mass is 214 g/mol. The van der Waals surface area contributed by atoms with Crippen molar-refractivity contribution in [3.63, 3.8) is 0 Å². The molecule has 0 atom stereocenters. The first-order valence-electron chi connectivity index (χ1n) is 5.15. The van der Waals surface area contributed by atoms with Gasteiger partial charge in [0.05, 0.1) is 4.92 Å². The van der Waals surface area contributed by atoms with Gasteiger partial charge >= 0.3 is 0 Å². The summed E-state index contributed by atoms with van der Waals surface area (Å²) in [6, 6.07) is 9.24. The molecule has 80 valence electrons. The number of nitrogens with zero attached hydrogens (tertiary/aromatic N) is 1. The number of non-ortho nitro benzene ring substituents is 1. The van der Waals surface area contributed by atoms with Crippen LogP contribution in [0.5, 0.6) is 0 Å². The number of nitrogens with one attached hydrogen (secondary N) is 1. The Bertz CT molecular complexity index is 593. The highest BCUT2D eigenvalue weighted by Gasteiger charge is 2.16. The van der Waals surface area contributed by atoms with E-state index >= 15 is 0 Å². The van der Waals surface area contributed by atoms with E-state index < -0.39 is 0 Å². The van der Waals surface area contributed by atoms with Gasteiger partial charge in [-0.25, -0.2) is 0 Å². The van der Waals surface area contributed by atoms with Gasteiger partial charge in [0.2, 0.25) is 0 Å². The second-order valence-corrected chi connectivity index (χ2v) is 3.98. The molecule has 0 aromatic heterocycles. The van der Waals surface area contributed by atoms with E-state index in [0.29, 0.717) is 6.54 Å². The van der Waals surface area contributed by atoms with Gasteiger partial charge in [-0.05, 0) is 21.9 Å². The molecule has 1 aliphatic rings. The predicted octanol–water partition coefficient (Wildman–Crippen LogP) is 2.35. The fourth-order valence-corrected chi connectivity index (χ4v) is 2.31. The predicted molar refractivity (Wildman–Crippen MR) is 61.1 cm³/mol. The molecule has 0 spiro atoms. The van der Waals surface area contributed by atoms with Gasteiger partial charge in [-0.1, -0.05) is 18.2 Å². The molecule has 0 radical (unpaired) electrons. The average Bonchev–Trinajstić information content (AvgIpc) is 2.29. The maximum Gasteiger partial charge on any atom is 0.270 e. The van der Waals surface area contributed by atoms with Crippen LogP contribution >= 0.6 is 0 Å². The lowest BCUT2D eigenvalue weighted by Gasteiger charge is -2.17. The van der Waals surface area contributed by atoms with E-state index in [1.54, 1.807) is 12.1 Å². The Labute approximate surface area is 92.0 Å². The quantitative estimate of drug-likeness (QED) is 0.585. The minimum Gasteiger partial charge on any atom is -0.309 e. The van der Waals surface area contributed by atoms with Crippen LogP contribution in [0.15, 0.2) is 30.3 Å². The van der Waals surface area contributed by atoms with Gasteiger partial charge in [0.25, 0.3) is 5.69 Å². The molecule has 1 aliphatic heterocycles. The molecule has 4 nitrogen and oxygen atoms in total. The number of benzene rings is 2. The van der Waals surface area contributed by atoms with Crippen LogP contribution in [0.2, 0.25) is 0 Å². The molecule has 0 unspecified atom stereocenters. The summed E-state index contributed by atoms with van der Waals surface area (Å²) in [5, 5.41) is 16.2. The summed E-state index contributed by atoms with van der Waals surface area (Å²) in [6.45, 7) is 1.54. The molecular formula is C12H10N2O2. The highest BCUT2D eigenvalue weighted by Crippen LogP contribution is 2.30. The van der Waals surface area contributed by atoms with Crippen molar-refractivity contribution in [1.29, 1.82) is 0 Å². The molecule has 0 fully saturated rings. The van der Waals surface area contributed by atoms with Crippen LogP contribution in [0.1, 0.15) is 11.1 Å². The summed E-state index contributed by atoms with van der Waals surface area (Å²) in [5.41, 5.74) is 2.41. The van der Waals surface area contributed by atoms with Gasteiger partial charge in [-0.3, -0.25) is 10.1 Å². The van der Waals surface area contributed by atoms with E-state index in [0.717, 1.165) is 17.5 Å². The number of nitro benzene ring substituents is 1. The molecule has 0 saturated carbocycles. The largest absolute Gasteiger partial charge is 0.309 e. The van der Waals surface area contributed by atoms with Crippen molar-refractivity contribution in [3.8, 4) is 0 Å². The Morgan fingerprint density at radius 3 is 2.81 bits per heavy atom. The lowest BCUT2D eigenvalue weighted by atomic mass is 9.96. The molecule has 2 aromatic carbocycles. The lowest BCUT2D eigenvalue weighted by molar-refractivity contribution is -0.384. The van der Waals surface area contributed by atoms with E-state index in [4.69, 9.17) is 0 Å². The van der Waals surface area contributed by atoms with Gasteiger partial charge in [-0.15, -0.1) is 0 Å². The zero-order valence-electron chi connectivity index (χ0n) is 8.56. The van der Waals surface area contributed by atoms with E-state index in [-0.39, 0.29) is 10.6 Å². The Balaban J connectivity index is 2.39. The van der Waals surface area contributed by atoms with Crippen LogP contribution in [-0.2, 0) is 13.1 Å². The molecule has 1 N–H and O–H groups in total. The second kappa shape index (κ2) is 3.28. The first kappa shape index (κ1) is 9.30. The Hall–Kier alpha value is -1.94. The Morgan fingerprint density at radius 1 is 1.19 bits per heavy atom. The highest BCUT2D eigenvalue weighted by molar-refractivity contribution is 5.91. The number of rotatable bonds is 1. The maximum atomic E-state index is 10.8. The lowest BCUT2D eigenvalue weighted by Crippen LogP contribution is -2.18. The second-order valence-electron chi connectivity index (χ2n) is 3.98. The van der Waals surface area contributed by atoms with Crippen molar-refractivity contribution in [2.24, 2.45) is 0 Å². The fraction of sp³-hybridized carbons (Fsp3) is 0.167. The Morgan fingerprint density at radius 2 is 2.00 bits per heavy atom. The third-order valence-corrected chi connectivity index (χ3v) is 2.97. The molecule has 0 saturated heterocycles. The molecule has 4 heteroatoms.